The van der Waals surface area contributed by atoms with Gasteiger partial charge in [-0.3, -0.25) is 9.69 Å². The van der Waals surface area contributed by atoms with Gasteiger partial charge in [-0.1, -0.05) is 32.0 Å². The second-order valence-corrected chi connectivity index (χ2v) is 7.50. The van der Waals surface area contributed by atoms with Crippen molar-refractivity contribution in [3.63, 3.8) is 0 Å². The minimum Gasteiger partial charge on any atom is -0.322 e. The zero-order chi connectivity index (χ0) is 18.0. The largest absolute Gasteiger partial charge is 0.325 e. The van der Waals surface area contributed by atoms with E-state index in [1.807, 2.05) is 13.8 Å². The number of hydrogen-bond donors (Lipinski definition) is 2. The first-order chi connectivity index (χ1) is 11.9. The van der Waals surface area contributed by atoms with Crippen LogP contribution >= 0.6 is 0 Å². The highest BCUT2D eigenvalue weighted by Gasteiger charge is 2.55. The second-order valence-electron chi connectivity index (χ2n) is 7.50. The molecule has 0 spiro atoms. The third-order valence-corrected chi connectivity index (χ3v) is 5.21. The van der Waals surface area contributed by atoms with Crippen LogP contribution in [0.4, 0.5) is 9.18 Å². The molecule has 2 heterocycles. The van der Waals surface area contributed by atoms with Gasteiger partial charge >= 0.3 is 6.03 Å². The van der Waals surface area contributed by atoms with Crippen LogP contribution in [-0.4, -0.2) is 42.0 Å². The molecule has 1 atom stereocenters. The first kappa shape index (κ1) is 17.9. The molecular weight excluding hydrogens is 321 g/mol. The van der Waals surface area contributed by atoms with Crippen molar-refractivity contribution in [3.05, 3.63) is 35.6 Å². The van der Waals surface area contributed by atoms with Gasteiger partial charge in [0.05, 0.1) is 0 Å². The molecule has 2 aliphatic rings. The molecule has 0 aliphatic carbocycles. The summed E-state index contributed by atoms with van der Waals surface area (Å²) in [6.45, 7) is 5.94. The molecule has 3 rings (SSSR count). The molecule has 1 unspecified atom stereocenters. The topological polar surface area (TPSA) is 61.4 Å². The molecule has 5 nitrogen and oxygen atoms in total. The second kappa shape index (κ2) is 7.12. The van der Waals surface area contributed by atoms with Gasteiger partial charge in [-0.2, -0.15) is 0 Å². The van der Waals surface area contributed by atoms with E-state index >= 15 is 0 Å². The number of benzene rings is 1. The zero-order valence-electron chi connectivity index (χ0n) is 14.8. The Labute approximate surface area is 148 Å². The molecule has 25 heavy (non-hydrogen) atoms. The molecule has 2 fully saturated rings. The van der Waals surface area contributed by atoms with E-state index in [-0.39, 0.29) is 36.0 Å². The predicted molar refractivity (Wildman–Crippen MR) is 93.5 cm³/mol. The highest BCUT2D eigenvalue weighted by molar-refractivity contribution is 6.07. The Morgan fingerprint density at radius 3 is 2.56 bits per heavy atom. The number of hydrogen-bond acceptors (Lipinski definition) is 3. The standard InChI is InChI=1S/C19H26FN3O2/c1-13(2)12-23-17(24)19(22-18(23)25,15-7-9-21-10-8-15)11-14-5-3-4-6-16(14)20/h3-6,13,15,21H,7-12H2,1-2H3,(H,22,25). The first-order valence-corrected chi connectivity index (χ1v) is 9.02. The van der Waals surface area contributed by atoms with Crippen molar-refractivity contribution in [2.75, 3.05) is 19.6 Å². The summed E-state index contributed by atoms with van der Waals surface area (Å²) in [5.74, 6) is -0.351. The molecule has 2 N–H and O–H groups in total. The monoisotopic (exact) mass is 347 g/mol. The van der Waals surface area contributed by atoms with Gasteiger partial charge in [0.15, 0.2) is 0 Å². The van der Waals surface area contributed by atoms with Crippen LogP contribution in [0, 0.1) is 17.7 Å². The molecule has 2 aliphatic heterocycles. The van der Waals surface area contributed by atoms with Crippen LogP contribution in [-0.2, 0) is 11.2 Å². The van der Waals surface area contributed by atoms with Gasteiger partial charge in [0.25, 0.3) is 5.91 Å². The molecule has 1 aromatic rings. The summed E-state index contributed by atoms with van der Waals surface area (Å²) in [6, 6.07) is 6.15. The van der Waals surface area contributed by atoms with Crippen molar-refractivity contribution < 1.29 is 14.0 Å². The van der Waals surface area contributed by atoms with Gasteiger partial charge < -0.3 is 10.6 Å². The van der Waals surface area contributed by atoms with E-state index in [9.17, 15) is 14.0 Å². The third kappa shape index (κ3) is 3.40. The normalized spacial score (nSPS) is 24.9. The molecule has 0 saturated carbocycles. The van der Waals surface area contributed by atoms with Crippen LogP contribution in [0.15, 0.2) is 24.3 Å². The Morgan fingerprint density at radius 2 is 1.92 bits per heavy atom. The van der Waals surface area contributed by atoms with Gasteiger partial charge in [0, 0.05) is 13.0 Å². The molecule has 6 heteroatoms. The fourth-order valence-electron chi connectivity index (χ4n) is 3.97. The number of rotatable bonds is 5. The van der Waals surface area contributed by atoms with E-state index < -0.39 is 5.54 Å². The lowest BCUT2D eigenvalue weighted by Crippen LogP contribution is -2.57. The molecular formula is C19H26FN3O2. The van der Waals surface area contributed by atoms with Crippen LogP contribution < -0.4 is 10.6 Å². The van der Waals surface area contributed by atoms with Gasteiger partial charge in [-0.05, 0) is 49.4 Å². The quantitative estimate of drug-likeness (QED) is 0.804. The summed E-state index contributed by atoms with van der Waals surface area (Å²) in [4.78, 5) is 27.1. The van der Waals surface area contributed by atoms with E-state index in [1.54, 1.807) is 18.2 Å². The van der Waals surface area contributed by atoms with Crippen LogP contribution in [0.3, 0.4) is 0 Å². The summed E-state index contributed by atoms with van der Waals surface area (Å²) in [7, 11) is 0. The first-order valence-electron chi connectivity index (χ1n) is 9.02. The van der Waals surface area contributed by atoms with E-state index in [0.717, 1.165) is 25.9 Å². The minimum atomic E-state index is -1.05. The molecule has 0 radical (unpaired) electrons. The lowest BCUT2D eigenvalue weighted by molar-refractivity contribution is -0.134. The van der Waals surface area contributed by atoms with E-state index in [0.29, 0.717) is 12.1 Å². The Morgan fingerprint density at radius 1 is 1.24 bits per heavy atom. The van der Waals surface area contributed by atoms with Crippen molar-refractivity contribution >= 4 is 11.9 Å². The fourth-order valence-corrected chi connectivity index (χ4v) is 3.97. The molecule has 0 aromatic heterocycles. The summed E-state index contributed by atoms with van der Waals surface area (Å²) in [5, 5.41) is 6.25. The third-order valence-electron chi connectivity index (χ3n) is 5.21. The van der Waals surface area contributed by atoms with Gasteiger partial charge in [0.1, 0.15) is 11.4 Å². The number of nitrogens with zero attached hydrogens (tertiary/aromatic N) is 1. The predicted octanol–water partition coefficient (Wildman–Crippen LogP) is 2.31. The number of nitrogens with one attached hydrogen (secondary N) is 2. The highest BCUT2D eigenvalue weighted by Crippen LogP contribution is 2.36. The van der Waals surface area contributed by atoms with Crippen molar-refractivity contribution in [3.8, 4) is 0 Å². The average molecular weight is 347 g/mol. The van der Waals surface area contributed by atoms with Crippen molar-refractivity contribution in [1.29, 1.82) is 0 Å². The number of urea groups is 1. The number of carbonyl (C=O) groups excluding carboxylic acids is 2. The SMILES string of the molecule is CC(C)CN1C(=O)NC(Cc2ccccc2F)(C2CCNCC2)C1=O. The van der Waals surface area contributed by atoms with Crippen LogP contribution in [0.1, 0.15) is 32.3 Å². The lowest BCUT2D eigenvalue weighted by Gasteiger charge is -2.38. The summed E-state index contributed by atoms with van der Waals surface area (Å²) in [5.41, 5.74) is -0.572. The van der Waals surface area contributed by atoms with E-state index in [4.69, 9.17) is 0 Å². The summed E-state index contributed by atoms with van der Waals surface area (Å²) < 4.78 is 14.3. The number of imide groups is 1. The summed E-state index contributed by atoms with van der Waals surface area (Å²) >= 11 is 0. The van der Waals surface area contributed by atoms with E-state index in [2.05, 4.69) is 10.6 Å². The number of amides is 3. The van der Waals surface area contributed by atoms with Crippen LogP contribution in [0.2, 0.25) is 0 Å². The molecule has 0 bridgehead atoms. The Bertz CT molecular complexity index is 658. The van der Waals surface area contributed by atoms with Crippen LogP contribution in [0.5, 0.6) is 0 Å². The van der Waals surface area contributed by atoms with Crippen molar-refractivity contribution in [1.82, 2.24) is 15.5 Å². The van der Waals surface area contributed by atoms with Crippen LogP contribution in [0.25, 0.3) is 0 Å². The fraction of sp³-hybridized carbons (Fsp3) is 0.579. The Kier molecular flexibility index (Phi) is 5.08. The van der Waals surface area contributed by atoms with Gasteiger partial charge in [-0.25, -0.2) is 9.18 Å². The Balaban J connectivity index is 1.97. The molecule has 2 saturated heterocycles. The number of carbonyl (C=O) groups is 2. The van der Waals surface area contributed by atoms with E-state index in [1.165, 1.54) is 11.0 Å². The van der Waals surface area contributed by atoms with Gasteiger partial charge in [0.2, 0.25) is 0 Å². The smallest absolute Gasteiger partial charge is 0.322 e. The maximum Gasteiger partial charge on any atom is 0.325 e. The summed E-state index contributed by atoms with van der Waals surface area (Å²) in [6.07, 6.45) is 1.77. The zero-order valence-corrected chi connectivity index (χ0v) is 14.8. The lowest BCUT2D eigenvalue weighted by atomic mass is 9.74. The Hall–Kier alpha value is -1.95. The number of halogens is 1. The molecule has 136 valence electrons. The molecule has 3 amide bonds. The maximum absolute atomic E-state index is 14.3. The van der Waals surface area contributed by atoms with Crippen molar-refractivity contribution in [2.24, 2.45) is 11.8 Å². The van der Waals surface area contributed by atoms with Crippen molar-refractivity contribution in [2.45, 2.75) is 38.6 Å². The molecule has 1 aromatic carbocycles. The minimum absolute atomic E-state index is 0.00182. The highest BCUT2D eigenvalue weighted by atomic mass is 19.1. The number of piperidine rings is 1. The average Bonchev–Trinajstić information content (AvgIpc) is 2.83. The van der Waals surface area contributed by atoms with Gasteiger partial charge in [-0.15, -0.1) is 0 Å². The maximum atomic E-state index is 14.3.